The van der Waals surface area contributed by atoms with Gasteiger partial charge >= 0.3 is 5.97 Å². The van der Waals surface area contributed by atoms with Crippen molar-refractivity contribution in [2.24, 2.45) is 0 Å². The minimum Gasteiger partial charge on any atom is -0.480 e. The van der Waals surface area contributed by atoms with Crippen molar-refractivity contribution in [1.82, 2.24) is 4.90 Å². The lowest BCUT2D eigenvalue weighted by atomic mass is 9.89. The highest BCUT2D eigenvalue weighted by Crippen LogP contribution is 2.44. The molecule has 1 amide bonds. The predicted octanol–water partition coefficient (Wildman–Crippen LogP) is 6.41. The van der Waals surface area contributed by atoms with Crippen LogP contribution in [0.25, 0.3) is 0 Å². The summed E-state index contributed by atoms with van der Waals surface area (Å²) in [5.41, 5.74) is 2.08. The first kappa shape index (κ1) is 25.9. The summed E-state index contributed by atoms with van der Waals surface area (Å²) >= 11 is 12.2. The second kappa shape index (κ2) is 11.2. The fourth-order valence-electron chi connectivity index (χ4n) is 4.48. The topological polar surface area (TPSA) is 66.8 Å². The molecule has 1 heterocycles. The lowest BCUT2D eigenvalue weighted by Gasteiger charge is -2.47. The quantitative estimate of drug-likeness (QED) is 0.343. The first-order valence-electron chi connectivity index (χ1n) is 11.3. The SMILES string of the molecule is C=CC[C@@H](C(=O)O)N1C(=O)[C@H](Cc2ccc(F)cc2)O[C@@H](c2ccc(Cl)cc2)[C@H]1c1ccc(Cl)cc1. The fourth-order valence-corrected chi connectivity index (χ4v) is 4.73. The Morgan fingerprint density at radius 1 is 1.00 bits per heavy atom. The molecule has 36 heavy (non-hydrogen) atoms. The second-order valence-corrected chi connectivity index (χ2v) is 9.42. The maximum Gasteiger partial charge on any atom is 0.326 e. The van der Waals surface area contributed by atoms with Gasteiger partial charge in [0.1, 0.15) is 24.1 Å². The van der Waals surface area contributed by atoms with Gasteiger partial charge in [0.25, 0.3) is 5.91 Å². The Morgan fingerprint density at radius 3 is 2.08 bits per heavy atom. The van der Waals surface area contributed by atoms with E-state index in [9.17, 15) is 19.1 Å². The molecule has 1 aliphatic heterocycles. The summed E-state index contributed by atoms with van der Waals surface area (Å²) < 4.78 is 19.9. The van der Waals surface area contributed by atoms with Gasteiger partial charge in [-0.1, -0.05) is 65.7 Å². The number of carbonyl (C=O) groups is 2. The molecule has 3 aromatic rings. The lowest BCUT2D eigenvalue weighted by Crippen LogP contribution is -2.57. The highest BCUT2D eigenvalue weighted by molar-refractivity contribution is 6.30. The third-order valence-electron chi connectivity index (χ3n) is 6.18. The summed E-state index contributed by atoms with van der Waals surface area (Å²) in [6.07, 6.45) is -0.0354. The number of halogens is 3. The van der Waals surface area contributed by atoms with Crippen LogP contribution in [0.15, 0.2) is 85.5 Å². The van der Waals surface area contributed by atoms with Gasteiger partial charge < -0.3 is 14.7 Å². The summed E-state index contributed by atoms with van der Waals surface area (Å²) in [7, 11) is 0. The first-order chi connectivity index (χ1) is 17.3. The molecule has 3 aromatic carbocycles. The number of amides is 1. The molecule has 1 aliphatic rings. The van der Waals surface area contributed by atoms with Crippen LogP contribution in [-0.2, 0) is 20.7 Å². The first-order valence-corrected chi connectivity index (χ1v) is 12.1. The van der Waals surface area contributed by atoms with Gasteiger partial charge in [0.2, 0.25) is 0 Å². The van der Waals surface area contributed by atoms with Crippen LogP contribution < -0.4 is 0 Å². The lowest BCUT2D eigenvalue weighted by molar-refractivity contribution is -0.184. The Hall–Kier alpha value is -3.19. The molecule has 5 nitrogen and oxygen atoms in total. The molecule has 0 aromatic heterocycles. The largest absolute Gasteiger partial charge is 0.480 e. The van der Waals surface area contributed by atoms with E-state index in [0.29, 0.717) is 21.2 Å². The van der Waals surface area contributed by atoms with Gasteiger partial charge in [0.15, 0.2) is 0 Å². The fraction of sp³-hybridized carbons (Fsp3) is 0.214. The molecular formula is C28H24Cl2FNO4. The third kappa shape index (κ3) is 5.62. The van der Waals surface area contributed by atoms with Crippen LogP contribution in [-0.4, -0.2) is 34.0 Å². The summed E-state index contributed by atoms with van der Waals surface area (Å²) in [5, 5.41) is 11.2. The minimum atomic E-state index is -1.18. The van der Waals surface area contributed by atoms with Crippen molar-refractivity contribution in [2.75, 3.05) is 0 Å². The van der Waals surface area contributed by atoms with Gasteiger partial charge in [0.05, 0.1) is 6.04 Å². The Balaban J connectivity index is 1.85. The van der Waals surface area contributed by atoms with E-state index in [2.05, 4.69) is 6.58 Å². The van der Waals surface area contributed by atoms with Crippen molar-refractivity contribution >= 4 is 35.1 Å². The molecule has 0 saturated carbocycles. The van der Waals surface area contributed by atoms with Gasteiger partial charge in [-0.15, -0.1) is 6.58 Å². The molecule has 0 aliphatic carbocycles. The molecule has 8 heteroatoms. The monoisotopic (exact) mass is 527 g/mol. The molecular weight excluding hydrogens is 504 g/mol. The summed E-state index contributed by atoms with van der Waals surface area (Å²) in [4.78, 5) is 27.7. The van der Waals surface area contributed by atoms with Crippen molar-refractivity contribution in [3.63, 3.8) is 0 Å². The van der Waals surface area contributed by atoms with Crippen molar-refractivity contribution in [3.8, 4) is 0 Å². The number of rotatable bonds is 8. The van der Waals surface area contributed by atoms with Crippen molar-refractivity contribution in [2.45, 2.75) is 37.1 Å². The van der Waals surface area contributed by atoms with E-state index in [1.807, 2.05) is 0 Å². The average molecular weight is 528 g/mol. The maximum atomic E-state index is 13.9. The molecule has 0 radical (unpaired) electrons. The predicted molar refractivity (Wildman–Crippen MR) is 136 cm³/mol. The van der Waals surface area contributed by atoms with Gasteiger partial charge in [-0.2, -0.15) is 0 Å². The normalized spacial score (nSPS) is 20.7. The van der Waals surface area contributed by atoms with Crippen molar-refractivity contribution < 1.29 is 23.8 Å². The van der Waals surface area contributed by atoms with E-state index < -0.39 is 42.0 Å². The molecule has 0 bridgehead atoms. The van der Waals surface area contributed by atoms with Crippen molar-refractivity contribution in [3.05, 3.63) is 118 Å². The molecule has 1 saturated heterocycles. The van der Waals surface area contributed by atoms with Gasteiger partial charge in [0, 0.05) is 16.5 Å². The van der Waals surface area contributed by atoms with Crippen LogP contribution >= 0.6 is 23.2 Å². The van der Waals surface area contributed by atoms with Gasteiger partial charge in [-0.05, 0) is 59.5 Å². The number of carboxylic acids is 1. The summed E-state index contributed by atoms with van der Waals surface area (Å²) in [6.45, 7) is 3.69. The number of nitrogens with zero attached hydrogens (tertiary/aromatic N) is 1. The zero-order valence-electron chi connectivity index (χ0n) is 19.2. The Kier molecular flexibility index (Phi) is 8.09. The number of morpholine rings is 1. The molecule has 4 rings (SSSR count). The van der Waals surface area contributed by atoms with Crippen LogP contribution in [0.3, 0.4) is 0 Å². The molecule has 0 spiro atoms. The molecule has 0 unspecified atom stereocenters. The number of hydrogen-bond donors (Lipinski definition) is 1. The maximum absolute atomic E-state index is 13.9. The Labute approximate surface area is 218 Å². The highest BCUT2D eigenvalue weighted by atomic mass is 35.5. The molecule has 1 N–H and O–H groups in total. The summed E-state index contributed by atoms with van der Waals surface area (Å²) in [5.74, 6) is -2.02. The van der Waals surface area contributed by atoms with E-state index in [4.69, 9.17) is 27.9 Å². The van der Waals surface area contributed by atoms with E-state index in [1.165, 1.54) is 23.1 Å². The Morgan fingerprint density at radius 2 is 1.56 bits per heavy atom. The minimum absolute atomic E-state index is 0.0434. The van der Waals surface area contributed by atoms with E-state index in [-0.39, 0.29) is 12.8 Å². The Bertz CT molecular complexity index is 1230. The van der Waals surface area contributed by atoms with E-state index in [1.54, 1.807) is 60.7 Å². The molecule has 1 fully saturated rings. The zero-order chi connectivity index (χ0) is 25.8. The van der Waals surface area contributed by atoms with Crippen LogP contribution in [0, 0.1) is 5.82 Å². The van der Waals surface area contributed by atoms with Gasteiger partial charge in [-0.25, -0.2) is 9.18 Å². The van der Waals surface area contributed by atoms with Crippen molar-refractivity contribution in [1.29, 1.82) is 0 Å². The zero-order valence-corrected chi connectivity index (χ0v) is 20.7. The van der Waals surface area contributed by atoms with E-state index >= 15 is 0 Å². The van der Waals surface area contributed by atoms with Gasteiger partial charge in [-0.3, -0.25) is 4.79 Å². The number of ether oxygens (including phenoxy) is 1. The molecule has 4 atom stereocenters. The molecule has 186 valence electrons. The number of benzene rings is 3. The highest BCUT2D eigenvalue weighted by Gasteiger charge is 2.48. The van der Waals surface area contributed by atoms with Crippen LogP contribution in [0.5, 0.6) is 0 Å². The standard InChI is InChI=1S/C28H24Cl2FNO4/c1-2-3-23(28(34)35)32-25(18-6-10-20(29)11-7-18)26(19-8-12-21(30)13-9-19)36-24(27(32)33)16-17-4-14-22(31)15-5-17/h2,4-15,23-26H,1,3,16H2,(H,34,35)/t23-,24-,25+,26-/m0/s1. The third-order valence-corrected chi connectivity index (χ3v) is 6.69. The van der Waals surface area contributed by atoms with Crippen LogP contribution in [0.2, 0.25) is 10.0 Å². The van der Waals surface area contributed by atoms with Crippen LogP contribution in [0.1, 0.15) is 35.3 Å². The van der Waals surface area contributed by atoms with Crippen LogP contribution in [0.4, 0.5) is 4.39 Å². The number of carboxylic acid groups (broad SMARTS) is 1. The number of aliphatic carboxylic acids is 1. The number of hydrogen-bond acceptors (Lipinski definition) is 3. The second-order valence-electron chi connectivity index (χ2n) is 8.55. The van der Waals surface area contributed by atoms with E-state index in [0.717, 1.165) is 5.56 Å². The average Bonchev–Trinajstić information content (AvgIpc) is 2.86. The number of carbonyl (C=O) groups excluding carboxylic acids is 1. The smallest absolute Gasteiger partial charge is 0.326 e. The summed E-state index contributed by atoms with van der Waals surface area (Å²) in [6, 6.07) is 17.8.